The number of aromatic nitrogens is 1. The molecule has 0 aliphatic carbocycles. The average molecular weight is 517 g/mol. The third-order valence-electron chi connectivity index (χ3n) is 6.94. The molecule has 2 aliphatic heterocycles. The first-order valence-electron chi connectivity index (χ1n) is 13.9. The maximum atomic E-state index is 12.6. The van der Waals surface area contributed by atoms with Crippen LogP contribution in [-0.2, 0) is 27.2 Å². The molecule has 37 heavy (non-hydrogen) atoms. The number of carbonyl (C=O) groups is 3. The van der Waals surface area contributed by atoms with E-state index in [4.69, 9.17) is 9.72 Å². The molecule has 0 saturated carbocycles. The molecule has 1 unspecified atom stereocenters. The topological polar surface area (TPSA) is 121 Å². The van der Waals surface area contributed by atoms with Crippen LogP contribution < -0.4 is 10.6 Å². The minimum atomic E-state index is -1.02. The lowest BCUT2D eigenvalue weighted by Gasteiger charge is -2.28. The van der Waals surface area contributed by atoms with Crippen LogP contribution in [0.25, 0.3) is 0 Å². The number of nitrogens with zero attached hydrogens (tertiary/aromatic N) is 2. The normalized spacial score (nSPS) is 18.0. The molecular weight excluding hydrogens is 472 g/mol. The summed E-state index contributed by atoms with van der Waals surface area (Å²) in [5.74, 6) is -0.313. The Labute approximate surface area is 220 Å². The van der Waals surface area contributed by atoms with Gasteiger partial charge in [0.05, 0.1) is 0 Å². The van der Waals surface area contributed by atoms with Crippen LogP contribution in [0.1, 0.15) is 96.2 Å². The van der Waals surface area contributed by atoms with Crippen LogP contribution in [0.4, 0.5) is 10.6 Å². The number of rotatable bonds is 12. The average Bonchev–Trinajstić information content (AvgIpc) is 3.29. The third kappa shape index (κ3) is 9.52. The van der Waals surface area contributed by atoms with Crippen molar-refractivity contribution >= 4 is 23.8 Å². The van der Waals surface area contributed by atoms with Gasteiger partial charge in [-0.1, -0.05) is 31.7 Å². The van der Waals surface area contributed by atoms with Gasteiger partial charge < -0.3 is 25.4 Å². The van der Waals surface area contributed by atoms with E-state index in [-0.39, 0.29) is 18.4 Å². The molecule has 0 spiro atoms. The molecule has 206 valence electrons. The van der Waals surface area contributed by atoms with E-state index in [0.29, 0.717) is 19.4 Å². The number of likely N-dealkylation sites (tertiary alicyclic amines) is 1. The van der Waals surface area contributed by atoms with Gasteiger partial charge in [0.2, 0.25) is 5.91 Å². The van der Waals surface area contributed by atoms with Crippen molar-refractivity contribution in [1.82, 2.24) is 15.2 Å². The quantitative estimate of drug-likeness (QED) is 0.345. The molecule has 9 heteroatoms. The van der Waals surface area contributed by atoms with Gasteiger partial charge in [-0.3, -0.25) is 4.79 Å². The molecule has 1 aromatic heterocycles. The van der Waals surface area contributed by atoms with Crippen molar-refractivity contribution in [1.29, 1.82) is 0 Å². The van der Waals surface area contributed by atoms with Gasteiger partial charge in [-0.2, -0.15) is 0 Å². The first-order chi connectivity index (χ1) is 17.6. The highest BCUT2D eigenvalue weighted by atomic mass is 16.6. The monoisotopic (exact) mass is 516 g/mol. The summed E-state index contributed by atoms with van der Waals surface area (Å²) < 4.78 is 5.45. The van der Waals surface area contributed by atoms with Gasteiger partial charge in [-0.15, -0.1) is 0 Å². The van der Waals surface area contributed by atoms with Crippen molar-refractivity contribution in [3.8, 4) is 0 Å². The summed E-state index contributed by atoms with van der Waals surface area (Å²) in [7, 11) is 0. The Kier molecular flexibility index (Phi) is 10.6. The summed E-state index contributed by atoms with van der Waals surface area (Å²) in [6, 6.07) is 3.15. The maximum absolute atomic E-state index is 12.6. The van der Waals surface area contributed by atoms with Gasteiger partial charge in [0, 0.05) is 31.2 Å². The predicted octanol–water partition coefficient (Wildman–Crippen LogP) is 4.68. The highest BCUT2D eigenvalue weighted by Crippen LogP contribution is 2.23. The number of pyridine rings is 1. The first-order valence-corrected chi connectivity index (χ1v) is 13.9. The number of unbranched alkanes of at least 4 members (excludes halogenated alkanes) is 4. The molecule has 3 heterocycles. The van der Waals surface area contributed by atoms with Gasteiger partial charge in [0.25, 0.3) is 0 Å². The number of aryl methyl sites for hydroxylation is 2. The zero-order valence-corrected chi connectivity index (χ0v) is 22.7. The van der Waals surface area contributed by atoms with Crippen molar-refractivity contribution in [3.05, 3.63) is 23.4 Å². The molecule has 3 N–H and O–H groups in total. The number of aliphatic carboxylic acids is 1. The lowest BCUT2D eigenvalue weighted by atomic mass is 10.0. The number of carboxylic acid groups (broad SMARTS) is 1. The van der Waals surface area contributed by atoms with Crippen molar-refractivity contribution in [2.75, 3.05) is 18.4 Å². The minimum absolute atomic E-state index is 0.0925. The molecule has 0 bridgehead atoms. The highest BCUT2D eigenvalue weighted by molar-refractivity contribution is 5.84. The summed E-state index contributed by atoms with van der Waals surface area (Å²) in [4.78, 5) is 43.1. The fourth-order valence-corrected chi connectivity index (χ4v) is 5.03. The van der Waals surface area contributed by atoms with E-state index in [9.17, 15) is 19.5 Å². The van der Waals surface area contributed by atoms with Crippen LogP contribution in [0, 0.1) is 0 Å². The summed E-state index contributed by atoms with van der Waals surface area (Å²) in [5.41, 5.74) is 1.82. The van der Waals surface area contributed by atoms with Crippen molar-refractivity contribution in [2.45, 2.75) is 116 Å². The van der Waals surface area contributed by atoms with E-state index in [0.717, 1.165) is 75.8 Å². The number of hydrogen-bond donors (Lipinski definition) is 3. The predicted molar refractivity (Wildman–Crippen MR) is 143 cm³/mol. The Morgan fingerprint density at radius 1 is 1.16 bits per heavy atom. The molecule has 2 aliphatic rings. The standard InChI is InChI=1S/C28H44N4O5/c1-28(2,3)37-27(36)32-18-10-13-22(32)19-24(33)31-23(26(34)35)14-8-6-4-5-7-12-21-16-15-20-11-9-17-29-25(20)30-21/h15-16,22-23H,4-14,17-19H2,1-3H3,(H,29,30)(H,31,33)(H,34,35)/t22-,23?/m0/s1. The summed E-state index contributed by atoms with van der Waals surface area (Å²) in [6.07, 6.45) is 9.61. The van der Waals surface area contributed by atoms with Gasteiger partial charge in [0.15, 0.2) is 0 Å². The summed E-state index contributed by atoms with van der Waals surface area (Å²) in [6.45, 7) is 6.97. The second kappa shape index (κ2) is 13.6. The molecule has 3 rings (SSSR count). The number of carbonyl (C=O) groups excluding carboxylic acids is 2. The molecule has 1 saturated heterocycles. The number of hydrogen-bond acceptors (Lipinski definition) is 6. The Balaban J connectivity index is 1.32. The molecule has 9 nitrogen and oxygen atoms in total. The zero-order valence-electron chi connectivity index (χ0n) is 22.7. The van der Waals surface area contributed by atoms with E-state index >= 15 is 0 Å². The highest BCUT2D eigenvalue weighted by Gasteiger charge is 2.34. The van der Waals surface area contributed by atoms with Crippen molar-refractivity contribution in [2.24, 2.45) is 0 Å². The fraction of sp³-hybridized carbons (Fsp3) is 0.714. The molecule has 1 aromatic rings. The number of ether oxygens (including phenoxy) is 1. The van der Waals surface area contributed by atoms with Crippen molar-refractivity contribution in [3.63, 3.8) is 0 Å². The number of nitrogens with one attached hydrogen (secondary N) is 2. The molecular formula is C28H44N4O5. The van der Waals surface area contributed by atoms with Crippen LogP contribution in [0.3, 0.4) is 0 Å². The second-order valence-corrected chi connectivity index (χ2v) is 11.3. The van der Waals surface area contributed by atoms with Gasteiger partial charge in [0.1, 0.15) is 17.5 Å². The minimum Gasteiger partial charge on any atom is -0.480 e. The number of amides is 2. The lowest BCUT2D eigenvalue weighted by Crippen LogP contribution is -2.45. The van der Waals surface area contributed by atoms with E-state index in [1.54, 1.807) is 4.90 Å². The third-order valence-corrected chi connectivity index (χ3v) is 6.94. The molecule has 2 amide bonds. The van der Waals surface area contributed by atoms with Gasteiger partial charge in [-0.25, -0.2) is 14.6 Å². The van der Waals surface area contributed by atoms with E-state index in [2.05, 4.69) is 22.8 Å². The van der Waals surface area contributed by atoms with Gasteiger partial charge in [-0.05, 0) is 77.3 Å². The van der Waals surface area contributed by atoms with Crippen LogP contribution >= 0.6 is 0 Å². The maximum Gasteiger partial charge on any atom is 0.410 e. The number of anilines is 1. The van der Waals surface area contributed by atoms with E-state index in [1.807, 2.05) is 20.8 Å². The molecule has 2 atom stereocenters. The lowest BCUT2D eigenvalue weighted by molar-refractivity contribution is -0.142. The first kappa shape index (κ1) is 28.7. The molecule has 0 radical (unpaired) electrons. The van der Waals surface area contributed by atoms with Crippen LogP contribution in [-0.4, -0.2) is 63.7 Å². The molecule has 1 fully saturated rings. The van der Waals surface area contributed by atoms with Gasteiger partial charge >= 0.3 is 12.1 Å². The fourth-order valence-electron chi connectivity index (χ4n) is 5.03. The van der Waals surface area contributed by atoms with E-state index < -0.39 is 23.7 Å². The Hall–Kier alpha value is -2.84. The van der Waals surface area contributed by atoms with Crippen LogP contribution in [0.2, 0.25) is 0 Å². The number of fused-ring (bicyclic) bond motifs is 1. The summed E-state index contributed by atoms with van der Waals surface area (Å²) >= 11 is 0. The largest absolute Gasteiger partial charge is 0.480 e. The zero-order chi connectivity index (χ0) is 26.8. The van der Waals surface area contributed by atoms with Crippen LogP contribution in [0.5, 0.6) is 0 Å². The smallest absolute Gasteiger partial charge is 0.410 e. The Bertz CT molecular complexity index is 930. The van der Waals surface area contributed by atoms with Crippen LogP contribution in [0.15, 0.2) is 12.1 Å². The van der Waals surface area contributed by atoms with Crippen molar-refractivity contribution < 1.29 is 24.2 Å². The SMILES string of the molecule is CC(C)(C)OC(=O)N1CCC[C@H]1CC(=O)NC(CCCCCCCc1ccc2c(n1)NCCC2)C(=O)O. The Morgan fingerprint density at radius 2 is 1.92 bits per heavy atom. The summed E-state index contributed by atoms with van der Waals surface area (Å²) in [5, 5.41) is 15.6. The Morgan fingerprint density at radius 3 is 2.68 bits per heavy atom. The number of carboxylic acids is 1. The second-order valence-electron chi connectivity index (χ2n) is 11.3. The van der Waals surface area contributed by atoms with E-state index in [1.165, 1.54) is 5.56 Å². The molecule has 0 aromatic carbocycles.